The third kappa shape index (κ3) is 3.98. The lowest BCUT2D eigenvalue weighted by Crippen LogP contribution is -1.92. The van der Waals surface area contributed by atoms with Crippen molar-refractivity contribution in [1.82, 2.24) is 0 Å². The zero-order chi connectivity index (χ0) is 11.1. The van der Waals surface area contributed by atoms with Crippen LogP contribution in [0.3, 0.4) is 0 Å². The number of aliphatic carboxylic acids is 1. The first kappa shape index (κ1) is 11.5. The Kier molecular flexibility index (Phi) is 4.61. The molecule has 15 heavy (non-hydrogen) atoms. The summed E-state index contributed by atoms with van der Waals surface area (Å²) in [6.45, 7) is 2.09. The van der Waals surface area contributed by atoms with Crippen molar-refractivity contribution < 1.29 is 9.90 Å². The van der Waals surface area contributed by atoms with Crippen molar-refractivity contribution in [1.29, 1.82) is 0 Å². The van der Waals surface area contributed by atoms with E-state index in [0.717, 1.165) is 24.0 Å². The standard InChI is InChI=1S/C13H16O2/c1-2-6-11(9-10-13(14)15)12-7-4-3-5-8-12/h3-5,7-9H,2,6,10H2,1H3,(H,14,15)/b11-9+. The van der Waals surface area contributed by atoms with Gasteiger partial charge in [-0.05, 0) is 17.6 Å². The van der Waals surface area contributed by atoms with E-state index in [0.29, 0.717) is 0 Å². The number of allylic oxidation sites excluding steroid dienone is 1. The number of benzene rings is 1. The lowest BCUT2D eigenvalue weighted by atomic mass is 10.0. The molecule has 0 unspecified atom stereocenters. The minimum Gasteiger partial charge on any atom is -0.481 e. The Bertz CT molecular complexity index is 339. The average molecular weight is 204 g/mol. The summed E-state index contributed by atoms with van der Waals surface area (Å²) < 4.78 is 0. The minimum atomic E-state index is -0.778. The van der Waals surface area contributed by atoms with Crippen LogP contribution >= 0.6 is 0 Å². The Balaban J connectivity index is 2.83. The molecule has 1 aromatic rings. The predicted octanol–water partition coefficient (Wildman–Crippen LogP) is 3.34. The number of rotatable bonds is 5. The zero-order valence-corrected chi connectivity index (χ0v) is 8.94. The maximum Gasteiger partial charge on any atom is 0.307 e. The molecule has 0 aliphatic rings. The van der Waals surface area contributed by atoms with Crippen molar-refractivity contribution in [3.63, 3.8) is 0 Å². The van der Waals surface area contributed by atoms with Crippen LogP contribution in [-0.2, 0) is 4.79 Å². The first-order chi connectivity index (χ1) is 7.24. The molecular weight excluding hydrogens is 188 g/mol. The van der Waals surface area contributed by atoms with Crippen molar-refractivity contribution in [2.45, 2.75) is 26.2 Å². The highest BCUT2D eigenvalue weighted by molar-refractivity contribution is 5.74. The van der Waals surface area contributed by atoms with Gasteiger partial charge in [0, 0.05) is 0 Å². The normalized spacial score (nSPS) is 11.4. The first-order valence-electron chi connectivity index (χ1n) is 5.20. The summed E-state index contributed by atoms with van der Waals surface area (Å²) in [7, 11) is 0. The van der Waals surface area contributed by atoms with E-state index in [1.165, 1.54) is 0 Å². The highest BCUT2D eigenvalue weighted by Gasteiger charge is 2.01. The van der Waals surface area contributed by atoms with Gasteiger partial charge in [0.2, 0.25) is 0 Å². The number of hydrogen-bond acceptors (Lipinski definition) is 1. The number of carboxylic acids is 1. The van der Waals surface area contributed by atoms with Gasteiger partial charge in [-0.2, -0.15) is 0 Å². The van der Waals surface area contributed by atoms with Crippen LogP contribution in [0.4, 0.5) is 0 Å². The van der Waals surface area contributed by atoms with E-state index in [1.54, 1.807) is 6.08 Å². The summed E-state index contributed by atoms with van der Waals surface area (Å²) in [6.07, 6.45) is 3.86. The number of carboxylic acid groups (broad SMARTS) is 1. The van der Waals surface area contributed by atoms with E-state index >= 15 is 0 Å². The number of carbonyl (C=O) groups is 1. The second kappa shape index (κ2) is 6.02. The van der Waals surface area contributed by atoms with E-state index in [2.05, 4.69) is 6.92 Å². The fourth-order valence-electron chi connectivity index (χ4n) is 1.50. The molecule has 1 aromatic carbocycles. The van der Waals surface area contributed by atoms with Crippen molar-refractivity contribution in [3.8, 4) is 0 Å². The van der Waals surface area contributed by atoms with E-state index in [9.17, 15) is 4.79 Å². The molecule has 80 valence electrons. The zero-order valence-electron chi connectivity index (χ0n) is 8.94. The molecule has 0 amide bonds. The predicted molar refractivity (Wildman–Crippen MR) is 61.6 cm³/mol. The third-order valence-electron chi connectivity index (χ3n) is 2.19. The SMILES string of the molecule is CCC/C(=C\CC(=O)O)c1ccccc1. The van der Waals surface area contributed by atoms with Gasteiger partial charge in [-0.3, -0.25) is 4.79 Å². The Morgan fingerprint density at radius 1 is 1.33 bits per heavy atom. The first-order valence-corrected chi connectivity index (χ1v) is 5.20. The maximum atomic E-state index is 10.5. The van der Waals surface area contributed by atoms with Crippen LogP contribution in [0.25, 0.3) is 5.57 Å². The molecule has 0 saturated carbocycles. The fourth-order valence-corrected chi connectivity index (χ4v) is 1.50. The van der Waals surface area contributed by atoms with Gasteiger partial charge in [-0.1, -0.05) is 49.8 Å². The van der Waals surface area contributed by atoms with Crippen LogP contribution in [-0.4, -0.2) is 11.1 Å². The summed E-state index contributed by atoms with van der Waals surface area (Å²) in [5.74, 6) is -0.778. The van der Waals surface area contributed by atoms with Gasteiger partial charge in [0.05, 0.1) is 6.42 Å². The Hall–Kier alpha value is -1.57. The maximum absolute atomic E-state index is 10.5. The molecule has 0 spiro atoms. The lowest BCUT2D eigenvalue weighted by Gasteiger charge is -2.05. The molecule has 2 nitrogen and oxygen atoms in total. The molecule has 0 aliphatic heterocycles. The van der Waals surface area contributed by atoms with Crippen molar-refractivity contribution in [3.05, 3.63) is 42.0 Å². The van der Waals surface area contributed by atoms with Crippen LogP contribution < -0.4 is 0 Å². The molecule has 0 heterocycles. The second-order valence-corrected chi connectivity index (χ2v) is 3.44. The van der Waals surface area contributed by atoms with E-state index in [-0.39, 0.29) is 6.42 Å². The molecule has 2 heteroatoms. The fraction of sp³-hybridized carbons (Fsp3) is 0.308. The van der Waals surface area contributed by atoms with Crippen molar-refractivity contribution in [2.24, 2.45) is 0 Å². The van der Waals surface area contributed by atoms with Gasteiger partial charge in [0.25, 0.3) is 0 Å². The van der Waals surface area contributed by atoms with Crippen LogP contribution in [0, 0.1) is 0 Å². The monoisotopic (exact) mass is 204 g/mol. The Labute approximate surface area is 90.3 Å². The Morgan fingerprint density at radius 3 is 2.53 bits per heavy atom. The molecule has 1 rings (SSSR count). The van der Waals surface area contributed by atoms with Gasteiger partial charge in [0.15, 0.2) is 0 Å². The molecule has 1 N–H and O–H groups in total. The summed E-state index contributed by atoms with van der Waals surface area (Å²) in [5.41, 5.74) is 2.25. The molecule has 0 aliphatic carbocycles. The van der Waals surface area contributed by atoms with E-state index in [1.807, 2.05) is 30.3 Å². The van der Waals surface area contributed by atoms with Crippen LogP contribution in [0.1, 0.15) is 31.7 Å². The van der Waals surface area contributed by atoms with E-state index < -0.39 is 5.97 Å². The summed E-state index contributed by atoms with van der Waals surface area (Å²) in [5, 5.41) is 8.63. The molecule has 0 bridgehead atoms. The third-order valence-corrected chi connectivity index (χ3v) is 2.19. The molecule has 0 atom stereocenters. The largest absolute Gasteiger partial charge is 0.481 e. The highest BCUT2D eigenvalue weighted by atomic mass is 16.4. The van der Waals surface area contributed by atoms with Gasteiger partial charge in [0.1, 0.15) is 0 Å². The van der Waals surface area contributed by atoms with Gasteiger partial charge in [-0.25, -0.2) is 0 Å². The molecule has 0 radical (unpaired) electrons. The summed E-state index contributed by atoms with van der Waals surface area (Å²) >= 11 is 0. The van der Waals surface area contributed by atoms with E-state index in [4.69, 9.17) is 5.11 Å². The van der Waals surface area contributed by atoms with Gasteiger partial charge < -0.3 is 5.11 Å². The molecule has 0 aromatic heterocycles. The molecular formula is C13H16O2. The van der Waals surface area contributed by atoms with Crippen LogP contribution in [0.2, 0.25) is 0 Å². The summed E-state index contributed by atoms with van der Waals surface area (Å²) in [4.78, 5) is 10.5. The van der Waals surface area contributed by atoms with Crippen molar-refractivity contribution in [2.75, 3.05) is 0 Å². The van der Waals surface area contributed by atoms with Crippen molar-refractivity contribution >= 4 is 11.5 Å². The minimum absolute atomic E-state index is 0.101. The summed E-state index contributed by atoms with van der Waals surface area (Å²) in [6, 6.07) is 9.94. The van der Waals surface area contributed by atoms with Crippen LogP contribution in [0.5, 0.6) is 0 Å². The van der Waals surface area contributed by atoms with Gasteiger partial charge in [-0.15, -0.1) is 0 Å². The quantitative estimate of drug-likeness (QED) is 0.798. The topological polar surface area (TPSA) is 37.3 Å². The lowest BCUT2D eigenvalue weighted by molar-refractivity contribution is -0.135. The smallest absolute Gasteiger partial charge is 0.307 e. The average Bonchev–Trinajstić information content (AvgIpc) is 2.25. The van der Waals surface area contributed by atoms with Gasteiger partial charge >= 0.3 is 5.97 Å². The van der Waals surface area contributed by atoms with Crippen LogP contribution in [0.15, 0.2) is 36.4 Å². The highest BCUT2D eigenvalue weighted by Crippen LogP contribution is 2.19. The molecule has 0 saturated heterocycles. The second-order valence-electron chi connectivity index (χ2n) is 3.44. The Morgan fingerprint density at radius 2 is 2.00 bits per heavy atom. The number of hydrogen-bond donors (Lipinski definition) is 1. The molecule has 0 fully saturated rings.